The van der Waals surface area contributed by atoms with Gasteiger partial charge < -0.3 is 20.3 Å². The van der Waals surface area contributed by atoms with Crippen LogP contribution in [0.1, 0.15) is 25.3 Å². The number of hydrogen-bond donors (Lipinski definition) is 2. The summed E-state index contributed by atoms with van der Waals surface area (Å²) in [7, 11) is 0. The van der Waals surface area contributed by atoms with Crippen LogP contribution in [0.2, 0.25) is 0 Å². The molecule has 1 saturated heterocycles. The van der Waals surface area contributed by atoms with E-state index in [4.69, 9.17) is 10.5 Å². The number of nitrogens with zero attached hydrogens (tertiary/aromatic N) is 1. The Balaban J connectivity index is 1.91. The molecule has 7 nitrogen and oxygen atoms in total. The lowest BCUT2D eigenvalue weighted by molar-refractivity contribution is -0.119. The standard InChI is InChI=1S/C18H22F3N3O4S/c1-17(9-29(26)27,24-15(22)10-4-5-28-8-10)12-6-11(2-3-14(12)19)23-16(25)13-7-18(13,20)21/h2-3,6,10,13H,4-5,7-9H2,1H3,(H2,22,24)(H,23,25)(H,26,27)/p-1/t10-,13?,17+/m1/s1. The van der Waals surface area contributed by atoms with Crippen LogP contribution in [0.4, 0.5) is 18.9 Å². The Morgan fingerprint density at radius 1 is 1.52 bits per heavy atom. The molecule has 1 aromatic rings. The number of amidine groups is 1. The number of ether oxygens (including phenoxy) is 1. The van der Waals surface area contributed by atoms with E-state index in [0.717, 1.165) is 6.07 Å². The molecule has 0 aromatic heterocycles. The summed E-state index contributed by atoms with van der Waals surface area (Å²) in [4.78, 5) is 16.2. The number of hydrogen-bond acceptors (Lipinski definition) is 5. The number of amides is 1. The zero-order chi connectivity index (χ0) is 21.4. The van der Waals surface area contributed by atoms with Gasteiger partial charge in [-0.2, -0.15) is 0 Å². The highest BCUT2D eigenvalue weighted by molar-refractivity contribution is 7.79. The van der Waals surface area contributed by atoms with E-state index in [1.807, 2.05) is 0 Å². The molecule has 0 spiro atoms. The Morgan fingerprint density at radius 3 is 2.76 bits per heavy atom. The number of alkyl halides is 2. The summed E-state index contributed by atoms with van der Waals surface area (Å²) < 4.78 is 68.9. The van der Waals surface area contributed by atoms with Gasteiger partial charge in [0, 0.05) is 35.9 Å². The predicted molar refractivity (Wildman–Crippen MR) is 99.8 cm³/mol. The molecule has 1 aliphatic heterocycles. The van der Waals surface area contributed by atoms with Crippen molar-refractivity contribution >= 4 is 28.5 Å². The maximum absolute atomic E-state index is 14.6. The molecule has 11 heteroatoms. The van der Waals surface area contributed by atoms with Gasteiger partial charge in [0.1, 0.15) is 17.6 Å². The normalized spacial score (nSPS) is 26.6. The maximum Gasteiger partial charge on any atom is 0.260 e. The first-order chi connectivity index (χ1) is 13.5. The van der Waals surface area contributed by atoms with Crippen molar-refractivity contribution < 1.29 is 31.5 Å². The maximum atomic E-state index is 14.6. The van der Waals surface area contributed by atoms with Crippen molar-refractivity contribution in [3.05, 3.63) is 29.6 Å². The van der Waals surface area contributed by atoms with Crippen molar-refractivity contribution in [3.8, 4) is 0 Å². The summed E-state index contributed by atoms with van der Waals surface area (Å²) in [6, 6.07) is 3.43. The molecular weight excluding hydrogens is 411 g/mol. The third kappa shape index (κ3) is 4.96. The molecular formula is C18H21F3N3O4S-. The van der Waals surface area contributed by atoms with Crippen LogP contribution >= 0.6 is 0 Å². The van der Waals surface area contributed by atoms with E-state index < -0.39 is 52.4 Å². The monoisotopic (exact) mass is 432 g/mol. The summed E-state index contributed by atoms with van der Waals surface area (Å²) in [5, 5.41) is 2.32. The zero-order valence-electron chi connectivity index (χ0n) is 15.6. The molecule has 1 saturated carbocycles. The molecule has 1 heterocycles. The second-order valence-electron chi connectivity index (χ2n) is 7.52. The average Bonchev–Trinajstić information content (AvgIpc) is 3.03. The highest BCUT2D eigenvalue weighted by Crippen LogP contribution is 2.49. The van der Waals surface area contributed by atoms with Gasteiger partial charge in [0.25, 0.3) is 5.92 Å². The molecule has 1 amide bonds. The Morgan fingerprint density at radius 2 is 2.21 bits per heavy atom. The van der Waals surface area contributed by atoms with Crippen molar-refractivity contribution in [2.45, 2.75) is 31.2 Å². The molecule has 2 unspecified atom stereocenters. The zero-order valence-corrected chi connectivity index (χ0v) is 16.4. The molecule has 3 rings (SSSR count). The highest BCUT2D eigenvalue weighted by atomic mass is 32.2. The van der Waals surface area contributed by atoms with E-state index in [9.17, 15) is 26.7 Å². The van der Waals surface area contributed by atoms with Gasteiger partial charge in [0.2, 0.25) is 5.91 Å². The summed E-state index contributed by atoms with van der Waals surface area (Å²) in [6.45, 7) is 2.23. The molecule has 3 N–H and O–H groups in total. The van der Waals surface area contributed by atoms with Gasteiger partial charge >= 0.3 is 0 Å². The third-order valence-corrected chi connectivity index (χ3v) is 5.88. The SMILES string of the molecule is C[C@@](CS(=O)[O-])(N=C(N)[C@@H]1CCOC1)c1cc(NC(=O)C2CC2(F)F)ccc1F. The minimum atomic E-state index is -3.04. The van der Waals surface area contributed by atoms with Gasteiger partial charge in [-0.05, 0) is 31.5 Å². The van der Waals surface area contributed by atoms with Crippen molar-refractivity contribution in [2.75, 3.05) is 24.3 Å². The number of nitrogens with two attached hydrogens (primary N) is 1. The molecule has 2 fully saturated rings. The number of halogens is 3. The number of aliphatic imine (C=N–C) groups is 1. The lowest BCUT2D eigenvalue weighted by Gasteiger charge is -2.29. The van der Waals surface area contributed by atoms with Crippen LogP contribution in [0, 0.1) is 17.7 Å². The second-order valence-corrected chi connectivity index (χ2v) is 8.42. The topological polar surface area (TPSA) is 117 Å². The molecule has 1 aromatic carbocycles. The fourth-order valence-corrected chi connectivity index (χ4v) is 3.97. The van der Waals surface area contributed by atoms with Gasteiger partial charge in [-0.25, -0.2) is 13.2 Å². The quantitative estimate of drug-likeness (QED) is 0.388. The van der Waals surface area contributed by atoms with Gasteiger partial charge in [0.15, 0.2) is 0 Å². The van der Waals surface area contributed by atoms with Crippen molar-refractivity contribution in [1.29, 1.82) is 0 Å². The van der Waals surface area contributed by atoms with Gasteiger partial charge in [-0.15, -0.1) is 0 Å². The van der Waals surface area contributed by atoms with Crippen LogP contribution in [-0.2, 0) is 26.2 Å². The first-order valence-corrected chi connectivity index (χ1v) is 10.2. The first-order valence-electron chi connectivity index (χ1n) is 8.99. The van der Waals surface area contributed by atoms with E-state index >= 15 is 0 Å². The van der Waals surface area contributed by atoms with Gasteiger partial charge in [0.05, 0.1) is 12.1 Å². The smallest absolute Gasteiger partial charge is 0.260 e. The van der Waals surface area contributed by atoms with Gasteiger partial charge in [-0.1, -0.05) is 11.1 Å². The molecule has 160 valence electrons. The Hall–Kier alpha value is -1.98. The number of nitrogens with one attached hydrogen (secondary N) is 1. The third-order valence-electron chi connectivity index (χ3n) is 5.08. The van der Waals surface area contributed by atoms with E-state index in [1.54, 1.807) is 0 Å². The van der Waals surface area contributed by atoms with E-state index in [1.165, 1.54) is 19.1 Å². The van der Waals surface area contributed by atoms with Crippen LogP contribution in [-0.4, -0.2) is 45.4 Å². The van der Waals surface area contributed by atoms with E-state index in [-0.39, 0.29) is 23.0 Å². The molecule has 2 aliphatic rings. The molecule has 1 aliphatic carbocycles. The minimum Gasteiger partial charge on any atom is -0.772 e. The minimum absolute atomic E-state index is 0.0648. The Kier molecular flexibility index (Phi) is 6.02. The molecule has 0 radical (unpaired) electrons. The number of rotatable bonds is 7. The molecule has 4 atom stereocenters. The summed E-state index contributed by atoms with van der Waals surface area (Å²) in [5.74, 6) is -6.73. The van der Waals surface area contributed by atoms with E-state index in [2.05, 4.69) is 10.3 Å². The number of anilines is 1. The second kappa shape index (κ2) is 8.04. The summed E-state index contributed by atoms with van der Waals surface area (Å²) >= 11 is -2.58. The summed E-state index contributed by atoms with van der Waals surface area (Å²) in [5.41, 5.74) is 4.39. The predicted octanol–water partition coefficient (Wildman–Crippen LogP) is 1.91. The van der Waals surface area contributed by atoms with Crippen molar-refractivity contribution in [2.24, 2.45) is 22.6 Å². The Bertz CT molecular complexity index is 861. The number of carbonyl (C=O) groups excluding carboxylic acids is 1. The highest BCUT2D eigenvalue weighted by Gasteiger charge is 2.61. The van der Waals surface area contributed by atoms with Crippen LogP contribution in [0.25, 0.3) is 0 Å². The number of benzene rings is 1. The fraction of sp³-hybridized carbons (Fsp3) is 0.556. The Labute approximate surface area is 168 Å². The van der Waals surface area contributed by atoms with Crippen LogP contribution < -0.4 is 11.1 Å². The largest absolute Gasteiger partial charge is 0.772 e. The lowest BCUT2D eigenvalue weighted by atomic mass is 9.93. The first kappa shape index (κ1) is 21.7. The van der Waals surface area contributed by atoms with Crippen molar-refractivity contribution in [1.82, 2.24) is 0 Å². The van der Waals surface area contributed by atoms with Crippen LogP contribution in [0.3, 0.4) is 0 Å². The fourth-order valence-electron chi connectivity index (χ4n) is 3.29. The summed E-state index contributed by atoms with van der Waals surface area (Å²) in [6.07, 6.45) is 0.0735. The van der Waals surface area contributed by atoms with Gasteiger partial charge in [-0.3, -0.25) is 14.0 Å². The van der Waals surface area contributed by atoms with Crippen LogP contribution in [0.5, 0.6) is 0 Å². The lowest BCUT2D eigenvalue weighted by Crippen LogP contribution is -2.34. The molecule has 0 bridgehead atoms. The van der Waals surface area contributed by atoms with Crippen molar-refractivity contribution in [3.63, 3.8) is 0 Å². The van der Waals surface area contributed by atoms with E-state index in [0.29, 0.717) is 19.6 Å². The number of carbonyl (C=O) groups is 1. The average molecular weight is 432 g/mol. The van der Waals surface area contributed by atoms with Crippen LogP contribution in [0.15, 0.2) is 23.2 Å². The molecule has 29 heavy (non-hydrogen) atoms.